The number of hydrogen-bond donors (Lipinski definition) is 1. The Hall–Kier alpha value is -1.10. The van der Waals surface area contributed by atoms with Crippen LogP contribution < -0.4 is 5.32 Å². The van der Waals surface area contributed by atoms with E-state index < -0.39 is 0 Å². The minimum atomic E-state index is 0.191. The number of amides is 1. The van der Waals surface area contributed by atoms with Crippen molar-refractivity contribution in [1.82, 2.24) is 10.2 Å². The predicted molar refractivity (Wildman–Crippen MR) is 91.4 cm³/mol. The van der Waals surface area contributed by atoms with Crippen LogP contribution in [0.5, 0.6) is 0 Å². The van der Waals surface area contributed by atoms with Crippen LogP contribution in [0, 0.1) is 5.92 Å². The molecule has 1 amide bonds. The van der Waals surface area contributed by atoms with Crippen LogP contribution in [0.1, 0.15) is 31.2 Å². The van der Waals surface area contributed by atoms with Crippen molar-refractivity contribution in [2.45, 2.75) is 38.3 Å². The summed E-state index contributed by atoms with van der Waals surface area (Å²) in [6.45, 7) is 4.56. The molecule has 2 aliphatic rings. The topological polar surface area (TPSA) is 41.6 Å². The Bertz CT molecular complexity index is 506. The second kappa shape index (κ2) is 8.13. The molecule has 1 N–H and O–H groups in total. The van der Waals surface area contributed by atoms with E-state index in [1.807, 2.05) is 12.1 Å². The van der Waals surface area contributed by atoms with Crippen molar-refractivity contribution in [2.75, 3.05) is 26.3 Å². The van der Waals surface area contributed by atoms with Crippen molar-refractivity contribution < 1.29 is 9.53 Å². The molecule has 5 heteroatoms. The number of hydrogen-bond acceptors (Lipinski definition) is 3. The van der Waals surface area contributed by atoms with Crippen LogP contribution in [-0.4, -0.2) is 43.2 Å². The summed E-state index contributed by atoms with van der Waals surface area (Å²) in [7, 11) is 0. The monoisotopic (exact) mass is 336 g/mol. The molecule has 0 aromatic heterocycles. The van der Waals surface area contributed by atoms with Crippen LogP contribution in [0.15, 0.2) is 24.3 Å². The van der Waals surface area contributed by atoms with Crippen molar-refractivity contribution in [3.63, 3.8) is 0 Å². The van der Waals surface area contributed by atoms with Gasteiger partial charge < -0.3 is 10.1 Å². The second-order valence-electron chi connectivity index (χ2n) is 6.68. The van der Waals surface area contributed by atoms with Crippen LogP contribution in [0.4, 0.5) is 0 Å². The quantitative estimate of drug-likeness (QED) is 0.899. The van der Waals surface area contributed by atoms with E-state index in [1.165, 1.54) is 5.56 Å². The first-order valence-electron chi connectivity index (χ1n) is 8.53. The highest BCUT2D eigenvalue weighted by atomic mass is 35.5. The molecule has 0 spiro atoms. The number of piperidine rings is 1. The Morgan fingerprint density at radius 1 is 1.22 bits per heavy atom. The van der Waals surface area contributed by atoms with Gasteiger partial charge in [0.25, 0.3) is 0 Å². The maximum absolute atomic E-state index is 12.1. The lowest BCUT2D eigenvalue weighted by atomic mass is 10.0. The molecule has 1 atom stereocenters. The highest BCUT2D eigenvalue weighted by Crippen LogP contribution is 2.18. The van der Waals surface area contributed by atoms with Gasteiger partial charge in [-0.05, 0) is 42.9 Å². The highest BCUT2D eigenvalue weighted by molar-refractivity contribution is 6.30. The number of halogens is 1. The van der Waals surface area contributed by atoms with Crippen molar-refractivity contribution in [3.05, 3.63) is 34.9 Å². The van der Waals surface area contributed by atoms with Gasteiger partial charge in [-0.15, -0.1) is 0 Å². The maximum atomic E-state index is 12.1. The van der Waals surface area contributed by atoms with E-state index in [4.69, 9.17) is 16.3 Å². The third-order valence-electron chi connectivity index (χ3n) is 4.77. The Balaban J connectivity index is 1.37. The van der Waals surface area contributed by atoms with Gasteiger partial charge in [0.05, 0.1) is 0 Å². The maximum Gasteiger partial charge on any atom is 0.220 e. The lowest BCUT2D eigenvalue weighted by Crippen LogP contribution is -2.44. The van der Waals surface area contributed by atoms with Gasteiger partial charge in [0.2, 0.25) is 5.91 Å². The van der Waals surface area contributed by atoms with Gasteiger partial charge in [-0.2, -0.15) is 0 Å². The minimum Gasteiger partial charge on any atom is -0.381 e. The van der Waals surface area contributed by atoms with Gasteiger partial charge in [-0.1, -0.05) is 23.7 Å². The van der Waals surface area contributed by atoms with Crippen molar-refractivity contribution in [2.24, 2.45) is 5.92 Å². The Morgan fingerprint density at radius 2 is 1.96 bits per heavy atom. The minimum absolute atomic E-state index is 0.191. The van der Waals surface area contributed by atoms with Crippen LogP contribution in [0.2, 0.25) is 5.02 Å². The predicted octanol–water partition coefficient (Wildman–Crippen LogP) is 2.85. The Morgan fingerprint density at radius 3 is 2.61 bits per heavy atom. The van der Waals surface area contributed by atoms with Crippen molar-refractivity contribution >= 4 is 17.5 Å². The van der Waals surface area contributed by atoms with E-state index in [2.05, 4.69) is 22.3 Å². The van der Waals surface area contributed by atoms with Gasteiger partial charge in [0.15, 0.2) is 0 Å². The normalized spacial score (nSPS) is 23.1. The summed E-state index contributed by atoms with van der Waals surface area (Å²) < 4.78 is 5.33. The SMILES string of the molecule is O=C(C[C@H]1CCOC1)NC1CCN(Cc2ccc(Cl)cc2)CC1. The molecule has 0 aliphatic carbocycles. The van der Waals surface area contributed by atoms with E-state index in [0.29, 0.717) is 18.4 Å². The van der Waals surface area contributed by atoms with Crippen molar-refractivity contribution in [1.29, 1.82) is 0 Å². The summed E-state index contributed by atoms with van der Waals surface area (Å²) in [4.78, 5) is 14.5. The first-order valence-corrected chi connectivity index (χ1v) is 8.91. The zero-order chi connectivity index (χ0) is 16.1. The van der Waals surface area contributed by atoms with Gasteiger partial charge in [0, 0.05) is 50.3 Å². The number of nitrogens with zero attached hydrogens (tertiary/aromatic N) is 1. The third kappa shape index (κ3) is 5.20. The molecular weight excluding hydrogens is 312 g/mol. The fourth-order valence-electron chi connectivity index (χ4n) is 3.38. The van der Waals surface area contributed by atoms with Crippen LogP contribution >= 0.6 is 11.6 Å². The van der Waals surface area contributed by atoms with E-state index >= 15 is 0 Å². The van der Waals surface area contributed by atoms with E-state index in [0.717, 1.165) is 57.1 Å². The van der Waals surface area contributed by atoms with E-state index in [1.54, 1.807) is 0 Å². The van der Waals surface area contributed by atoms with E-state index in [-0.39, 0.29) is 5.91 Å². The smallest absolute Gasteiger partial charge is 0.220 e. The fourth-order valence-corrected chi connectivity index (χ4v) is 3.50. The molecule has 2 aliphatic heterocycles. The first-order chi connectivity index (χ1) is 11.2. The van der Waals surface area contributed by atoms with Crippen LogP contribution in [0.25, 0.3) is 0 Å². The molecule has 0 radical (unpaired) electrons. The molecule has 23 heavy (non-hydrogen) atoms. The first kappa shape index (κ1) is 16.7. The fraction of sp³-hybridized carbons (Fsp3) is 0.611. The van der Waals surface area contributed by atoms with Crippen molar-refractivity contribution in [3.8, 4) is 0 Å². The molecule has 2 heterocycles. The molecule has 0 saturated carbocycles. The zero-order valence-electron chi connectivity index (χ0n) is 13.5. The summed E-state index contributed by atoms with van der Waals surface area (Å²) in [6, 6.07) is 8.37. The summed E-state index contributed by atoms with van der Waals surface area (Å²) in [5.41, 5.74) is 1.29. The summed E-state index contributed by atoms with van der Waals surface area (Å²) >= 11 is 5.92. The lowest BCUT2D eigenvalue weighted by molar-refractivity contribution is -0.123. The van der Waals surface area contributed by atoms with Gasteiger partial charge in [-0.25, -0.2) is 0 Å². The summed E-state index contributed by atoms with van der Waals surface area (Å²) in [5, 5.41) is 3.98. The van der Waals surface area contributed by atoms with Crippen LogP contribution in [-0.2, 0) is 16.1 Å². The number of likely N-dealkylation sites (tertiary alicyclic amines) is 1. The average molecular weight is 337 g/mol. The third-order valence-corrected chi connectivity index (χ3v) is 5.02. The number of rotatable bonds is 5. The molecule has 4 nitrogen and oxygen atoms in total. The number of benzene rings is 1. The van der Waals surface area contributed by atoms with Gasteiger partial charge >= 0.3 is 0 Å². The summed E-state index contributed by atoms with van der Waals surface area (Å²) in [6.07, 6.45) is 3.69. The van der Waals surface area contributed by atoms with Crippen LogP contribution in [0.3, 0.4) is 0 Å². The molecule has 1 aromatic carbocycles. The van der Waals surface area contributed by atoms with E-state index in [9.17, 15) is 4.79 Å². The number of ether oxygens (including phenoxy) is 1. The number of carbonyl (C=O) groups excluding carboxylic acids is 1. The standard InChI is InChI=1S/C18H25ClN2O2/c19-16-3-1-14(2-4-16)12-21-8-5-17(6-9-21)20-18(22)11-15-7-10-23-13-15/h1-4,15,17H,5-13H2,(H,20,22)/t15-/m1/s1. The molecule has 3 rings (SSSR count). The Labute approximate surface area is 143 Å². The highest BCUT2D eigenvalue weighted by Gasteiger charge is 2.23. The largest absolute Gasteiger partial charge is 0.381 e. The molecule has 126 valence electrons. The molecule has 2 saturated heterocycles. The molecule has 0 unspecified atom stereocenters. The molecule has 1 aromatic rings. The number of carbonyl (C=O) groups is 1. The van der Waals surface area contributed by atoms with Gasteiger partial charge in [0.1, 0.15) is 0 Å². The Kier molecular flexibility index (Phi) is 5.92. The lowest BCUT2D eigenvalue weighted by Gasteiger charge is -2.32. The number of nitrogens with one attached hydrogen (secondary N) is 1. The summed E-state index contributed by atoms with van der Waals surface area (Å²) in [5.74, 6) is 0.608. The van der Waals surface area contributed by atoms with Gasteiger partial charge in [-0.3, -0.25) is 9.69 Å². The molecule has 2 fully saturated rings. The molecule has 0 bridgehead atoms. The second-order valence-corrected chi connectivity index (χ2v) is 7.11. The average Bonchev–Trinajstić information content (AvgIpc) is 3.04. The molecular formula is C18H25ClN2O2. The zero-order valence-corrected chi connectivity index (χ0v) is 14.2.